The zero-order chi connectivity index (χ0) is 14.3. The third kappa shape index (κ3) is 2.63. The Morgan fingerprint density at radius 1 is 1.30 bits per heavy atom. The van der Waals surface area contributed by atoms with Gasteiger partial charge in [-0.15, -0.1) is 0 Å². The fourth-order valence-electron chi connectivity index (χ4n) is 3.64. The molecule has 0 spiro atoms. The quantitative estimate of drug-likeness (QED) is 0.828. The molecule has 3 aliphatic rings. The highest BCUT2D eigenvalue weighted by atomic mass is 16.4. The van der Waals surface area contributed by atoms with E-state index in [0.717, 1.165) is 12.5 Å². The highest BCUT2D eigenvalue weighted by Gasteiger charge is 2.53. The number of aliphatic carboxylic acids is 1. The highest BCUT2D eigenvalue weighted by molar-refractivity contribution is 5.76. The number of rotatable bonds is 4. The normalized spacial score (nSPS) is 31.8. The number of carbonyl (C=O) groups excluding carboxylic acids is 1. The molecule has 2 unspecified atom stereocenters. The molecule has 1 heterocycles. The van der Waals surface area contributed by atoms with Crippen molar-refractivity contribution in [1.29, 1.82) is 0 Å². The minimum atomic E-state index is -0.734. The second-order valence-electron chi connectivity index (χ2n) is 6.90. The Balaban J connectivity index is 1.49. The summed E-state index contributed by atoms with van der Waals surface area (Å²) in [7, 11) is 0. The number of hydrogen-bond acceptors (Lipinski definition) is 2. The van der Waals surface area contributed by atoms with Crippen LogP contribution in [0.2, 0.25) is 0 Å². The molecule has 5 nitrogen and oxygen atoms in total. The maximum Gasteiger partial charge on any atom is 0.317 e. The van der Waals surface area contributed by atoms with Crippen molar-refractivity contribution < 1.29 is 14.7 Å². The molecule has 2 aliphatic carbocycles. The van der Waals surface area contributed by atoms with Gasteiger partial charge in [0.25, 0.3) is 0 Å². The smallest absolute Gasteiger partial charge is 0.317 e. The third-order valence-corrected chi connectivity index (χ3v) is 5.41. The fraction of sp³-hybridized carbons (Fsp3) is 0.867. The van der Waals surface area contributed by atoms with Crippen LogP contribution < -0.4 is 5.32 Å². The van der Waals surface area contributed by atoms with Crippen molar-refractivity contribution in [2.75, 3.05) is 13.1 Å². The molecule has 2 amide bonds. The minimum absolute atomic E-state index is 0.00624. The molecule has 3 rings (SSSR count). The first-order valence-corrected chi connectivity index (χ1v) is 7.79. The predicted molar refractivity (Wildman–Crippen MR) is 74.3 cm³/mol. The summed E-state index contributed by atoms with van der Waals surface area (Å²) in [4.78, 5) is 25.1. The van der Waals surface area contributed by atoms with Crippen LogP contribution in [0.3, 0.4) is 0 Å². The van der Waals surface area contributed by atoms with Gasteiger partial charge in [0.05, 0.1) is 5.92 Å². The SMILES string of the molecule is CC1CC(C(=O)O)CCN1C(=O)NCC1(C2CC2)CC1. The molecule has 20 heavy (non-hydrogen) atoms. The van der Waals surface area contributed by atoms with Crippen molar-refractivity contribution in [3.8, 4) is 0 Å². The van der Waals surface area contributed by atoms with E-state index in [9.17, 15) is 9.59 Å². The third-order valence-electron chi connectivity index (χ3n) is 5.41. The number of likely N-dealkylation sites (tertiary alicyclic amines) is 1. The number of nitrogens with zero attached hydrogens (tertiary/aromatic N) is 1. The average molecular weight is 280 g/mol. The summed E-state index contributed by atoms with van der Waals surface area (Å²) < 4.78 is 0. The summed E-state index contributed by atoms with van der Waals surface area (Å²) in [5.74, 6) is -0.184. The molecule has 2 atom stereocenters. The predicted octanol–water partition coefficient (Wildman–Crippen LogP) is 2.07. The van der Waals surface area contributed by atoms with E-state index in [2.05, 4.69) is 5.32 Å². The van der Waals surface area contributed by atoms with Crippen molar-refractivity contribution in [1.82, 2.24) is 10.2 Å². The van der Waals surface area contributed by atoms with Crippen LogP contribution in [0.25, 0.3) is 0 Å². The van der Waals surface area contributed by atoms with E-state index in [4.69, 9.17) is 5.11 Å². The summed E-state index contributed by atoms with van der Waals surface area (Å²) in [5.41, 5.74) is 0.415. The van der Waals surface area contributed by atoms with Crippen LogP contribution in [0, 0.1) is 17.3 Å². The molecule has 5 heteroatoms. The molecule has 0 radical (unpaired) electrons. The van der Waals surface area contributed by atoms with E-state index in [-0.39, 0.29) is 18.0 Å². The zero-order valence-electron chi connectivity index (χ0n) is 12.1. The molecule has 0 aromatic heterocycles. The van der Waals surface area contributed by atoms with Gasteiger partial charge < -0.3 is 15.3 Å². The summed E-state index contributed by atoms with van der Waals surface area (Å²) in [5, 5.41) is 12.1. The van der Waals surface area contributed by atoms with Crippen LogP contribution in [0.1, 0.15) is 45.4 Å². The van der Waals surface area contributed by atoms with Crippen molar-refractivity contribution in [3.63, 3.8) is 0 Å². The Morgan fingerprint density at radius 2 is 2.00 bits per heavy atom. The second kappa shape index (κ2) is 4.93. The molecule has 1 aliphatic heterocycles. The lowest BCUT2D eigenvalue weighted by Crippen LogP contribution is -2.51. The molecule has 3 fully saturated rings. The van der Waals surface area contributed by atoms with Crippen molar-refractivity contribution in [3.05, 3.63) is 0 Å². The zero-order valence-corrected chi connectivity index (χ0v) is 12.1. The number of piperidine rings is 1. The van der Waals surface area contributed by atoms with E-state index in [0.29, 0.717) is 24.8 Å². The van der Waals surface area contributed by atoms with Gasteiger partial charge in [0.2, 0.25) is 0 Å². The lowest BCUT2D eigenvalue weighted by atomic mass is 9.92. The highest BCUT2D eigenvalue weighted by Crippen LogP contribution is 2.60. The first kappa shape index (κ1) is 13.7. The summed E-state index contributed by atoms with van der Waals surface area (Å²) in [6, 6.07) is 0.00851. The molecule has 112 valence electrons. The number of urea groups is 1. The van der Waals surface area contributed by atoms with Gasteiger partial charge in [0.15, 0.2) is 0 Å². The first-order valence-electron chi connectivity index (χ1n) is 7.79. The van der Waals surface area contributed by atoms with E-state index in [1.165, 1.54) is 25.7 Å². The average Bonchev–Trinajstić information content (AvgIpc) is 3.27. The molecule has 1 saturated heterocycles. The van der Waals surface area contributed by atoms with Gasteiger partial charge in [0, 0.05) is 19.1 Å². The number of amides is 2. The van der Waals surface area contributed by atoms with Crippen LogP contribution in [0.4, 0.5) is 4.79 Å². The van der Waals surface area contributed by atoms with Gasteiger partial charge in [-0.1, -0.05) is 0 Å². The van der Waals surface area contributed by atoms with Crippen LogP contribution in [0.5, 0.6) is 0 Å². The maximum atomic E-state index is 12.3. The number of carboxylic acid groups (broad SMARTS) is 1. The maximum absolute atomic E-state index is 12.3. The molecular weight excluding hydrogens is 256 g/mol. The van der Waals surface area contributed by atoms with Crippen LogP contribution in [0.15, 0.2) is 0 Å². The van der Waals surface area contributed by atoms with E-state index in [1.807, 2.05) is 11.8 Å². The van der Waals surface area contributed by atoms with Crippen LogP contribution in [-0.2, 0) is 4.79 Å². The lowest BCUT2D eigenvalue weighted by Gasteiger charge is -2.36. The standard InChI is InChI=1S/C15H24N2O3/c1-10-8-11(13(18)19)4-7-17(10)14(20)16-9-15(5-6-15)12-2-3-12/h10-12H,2-9H2,1H3,(H,16,20)(H,18,19). The number of carboxylic acids is 1. The lowest BCUT2D eigenvalue weighted by molar-refractivity contribution is -0.143. The molecule has 0 aromatic rings. The van der Waals surface area contributed by atoms with Crippen molar-refractivity contribution in [2.45, 2.75) is 51.5 Å². The first-order chi connectivity index (χ1) is 9.52. The van der Waals surface area contributed by atoms with Gasteiger partial charge in [-0.25, -0.2) is 4.79 Å². The Morgan fingerprint density at radius 3 is 2.50 bits per heavy atom. The van der Waals surface area contributed by atoms with Crippen molar-refractivity contribution >= 4 is 12.0 Å². The molecule has 0 aromatic carbocycles. The van der Waals surface area contributed by atoms with Crippen molar-refractivity contribution in [2.24, 2.45) is 17.3 Å². The summed E-state index contributed by atoms with van der Waals surface area (Å²) in [6.45, 7) is 3.31. The van der Waals surface area contributed by atoms with Gasteiger partial charge in [0.1, 0.15) is 0 Å². The van der Waals surface area contributed by atoms with Gasteiger partial charge in [-0.3, -0.25) is 4.79 Å². The Kier molecular flexibility index (Phi) is 3.38. The van der Waals surface area contributed by atoms with Crippen LogP contribution >= 0.6 is 0 Å². The van der Waals surface area contributed by atoms with Gasteiger partial charge >= 0.3 is 12.0 Å². The van der Waals surface area contributed by atoms with Crippen LogP contribution in [-0.4, -0.2) is 41.1 Å². The Hall–Kier alpha value is -1.26. The molecule has 2 saturated carbocycles. The largest absolute Gasteiger partial charge is 0.481 e. The summed E-state index contributed by atoms with van der Waals surface area (Å²) in [6.07, 6.45) is 6.31. The van der Waals surface area contributed by atoms with E-state index in [1.54, 1.807) is 0 Å². The molecule has 0 bridgehead atoms. The molecular formula is C15H24N2O3. The topological polar surface area (TPSA) is 69.6 Å². The summed E-state index contributed by atoms with van der Waals surface area (Å²) >= 11 is 0. The minimum Gasteiger partial charge on any atom is -0.481 e. The van der Waals surface area contributed by atoms with Gasteiger partial charge in [-0.05, 0) is 56.8 Å². The van der Waals surface area contributed by atoms with E-state index >= 15 is 0 Å². The second-order valence-corrected chi connectivity index (χ2v) is 6.90. The van der Waals surface area contributed by atoms with Gasteiger partial charge in [-0.2, -0.15) is 0 Å². The number of hydrogen-bond donors (Lipinski definition) is 2. The number of nitrogens with one attached hydrogen (secondary N) is 1. The Bertz CT molecular complexity index is 415. The van der Waals surface area contributed by atoms with E-state index < -0.39 is 5.97 Å². The fourth-order valence-corrected chi connectivity index (χ4v) is 3.64. The number of carbonyl (C=O) groups is 2. The monoisotopic (exact) mass is 280 g/mol. The Labute approximate surface area is 119 Å². The molecule has 2 N–H and O–H groups in total.